The van der Waals surface area contributed by atoms with E-state index in [0.717, 1.165) is 52.7 Å². The lowest BCUT2D eigenvalue weighted by atomic mass is 9.93. The van der Waals surface area contributed by atoms with E-state index < -0.39 is 0 Å². The average molecular weight is 347 g/mol. The quantitative estimate of drug-likeness (QED) is 0.580. The Balaban J connectivity index is 1.83. The van der Waals surface area contributed by atoms with Crippen LogP contribution >= 0.6 is 0 Å². The molecular weight excluding hydrogens is 329 g/mol. The predicted octanol–water partition coefficient (Wildman–Crippen LogP) is 4.52. The number of nitrogens with one attached hydrogen (secondary N) is 1. The first kappa shape index (κ1) is 15.3. The van der Waals surface area contributed by atoms with Gasteiger partial charge in [-0.2, -0.15) is 10.2 Å². The molecule has 130 valence electrons. The van der Waals surface area contributed by atoms with E-state index >= 15 is 0 Å². The molecule has 0 radical (unpaired) electrons. The van der Waals surface area contributed by atoms with Crippen molar-refractivity contribution in [1.29, 1.82) is 0 Å². The molecule has 1 N–H and O–H groups in total. The number of aromatic nitrogens is 5. The SMILES string of the molecule is CC1CCCc2c(-c3ccnc4[nH]ncc34)c(-c3ccc(F)cc3)nn21. The Kier molecular flexibility index (Phi) is 3.38. The molecule has 4 aromatic rings. The largest absolute Gasteiger partial charge is 0.266 e. The summed E-state index contributed by atoms with van der Waals surface area (Å²) in [5, 5.41) is 13.0. The zero-order valence-electron chi connectivity index (χ0n) is 14.4. The summed E-state index contributed by atoms with van der Waals surface area (Å²) in [6.45, 7) is 2.20. The Labute approximate surface area is 149 Å². The van der Waals surface area contributed by atoms with Gasteiger partial charge in [-0.3, -0.25) is 9.78 Å². The number of nitrogens with zero attached hydrogens (tertiary/aromatic N) is 4. The van der Waals surface area contributed by atoms with Crippen LogP contribution in [0.4, 0.5) is 4.39 Å². The number of aromatic amines is 1. The van der Waals surface area contributed by atoms with Crippen molar-refractivity contribution in [2.24, 2.45) is 0 Å². The normalized spacial score (nSPS) is 16.8. The molecule has 1 aliphatic rings. The Morgan fingerprint density at radius 3 is 2.88 bits per heavy atom. The van der Waals surface area contributed by atoms with Gasteiger partial charge < -0.3 is 0 Å². The molecule has 0 bridgehead atoms. The molecule has 5 nitrogen and oxygen atoms in total. The maximum atomic E-state index is 13.4. The van der Waals surface area contributed by atoms with Crippen molar-refractivity contribution in [3.05, 3.63) is 54.2 Å². The molecule has 1 aromatic carbocycles. The molecule has 3 aromatic heterocycles. The second-order valence-corrected chi connectivity index (χ2v) is 6.85. The third kappa shape index (κ3) is 2.25. The molecule has 0 aliphatic carbocycles. The Morgan fingerprint density at radius 1 is 1.19 bits per heavy atom. The lowest BCUT2D eigenvalue weighted by molar-refractivity contribution is 0.394. The van der Waals surface area contributed by atoms with Crippen molar-refractivity contribution in [1.82, 2.24) is 25.0 Å². The number of pyridine rings is 1. The van der Waals surface area contributed by atoms with E-state index in [1.54, 1.807) is 18.3 Å². The second kappa shape index (κ2) is 5.76. The van der Waals surface area contributed by atoms with Crippen LogP contribution in [0.1, 0.15) is 31.5 Å². The molecule has 5 rings (SSSR count). The standard InChI is InChI=1S/C20H18FN5/c1-12-3-2-4-17-18(15-9-10-22-20-16(15)11-23-24-20)19(25-26(12)17)13-5-7-14(21)8-6-13/h5-12H,2-4H2,1H3,(H,22,23,24). The molecule has 26 heavy (non-hydrogen) atoms. The smallest absolute Gasteiger partial charge is 0.155 e. The maximum absolute atomic E-state index is 13.4. The minimum Gasteiger partial charge on any atom is -0.266 e. The number of H-pyrrole nitrogens is 1. The lowest BCUT2D eigenvalue weighted by Gasteiger charge is -2.21. The fourth-order valence-corrected chi connectivity index (χ4v) is 3.92. The van der Waals surface area contributed by atoms with E-state index in [9.17, 15) is 4.39 Å². The van der Waals surface area contributed by atoms with Gasteiger partial charge in [-0.1, -0.05) is 0 Å². The van der Waals surface area contributed by atoms with Crippen LogP contribution in [0.2, 0.25) is 0 Å². The molecule has 1 atom stereocenters. The molecule has 4 heterocycles. The molecule has 1 unspecified atom stereocenters. The number of hydrogen-bond acceptors (Lipinski definition) is 3. The van der Waals surface area contributed by atoms with Crippen LogP contribution in [0.15, 0.2) is 42.7 Å². The van der Waals surface area contributed by atoms with Crippen molar-refractivity contribution in [2.75, 3.05) is 0 Å². The van der Waals surface area contributed by atoms with Gasteiger partial charge in [0, 0.05) is 34.4 Å². The summed E-state index contributed by atoms with van der Waals surface area (Å²) >= 11 is 0. The molecule has 0 spiro atoms. The highest BCUT2D eigenvalue weighted by atomic mass is 19.1. The Hall–Kier alpha value is -3.02. The number of halogens is 1. The molecule has 1 aliphatic heterocycles. The summed E-state index contributed by atoms with van der Waals surface area (Å²) in [5.74, 6) is -0.242. The highest BCUT2D eigenvalue weighted by Gasteiger charge is 2.27. The Morgan fingerprint density at radius 2 is 2.04 bits per heavy atom. The van der Waals surface area contributed by atoms with Crippen molar-refractivity contribution < 1.29 is 4.39 Å². The number of fused-ring (bicyclic) bond motifs is 2. The number of rotatable bonds is 2. The zero-order chi connectivity index (χ0) is 17.7. The van der Waals surface area contributed by atoms with E-state index in [-0.39, 0.29) is 5.82 Å². The average Bonchev–Trinajstić information content (AvgIpc) is 3.27. The summed E-state index contributed by atoms with van der Waals surface area (Å²) < 4.78 is 15.6. The van der Waals surface area contributed by atoms with Gasteiger partial charge in [0.25, 0.3) is 0 Å². The van der Waals surface area contributed by atoms with E-state index in [1.807, 2.05) is 12.3 Å². The summed E-state index contributed by atoms with van der Waals surface area (Å²) in [5.41, 5.74) is 5.98. The molecule has 0 fully saturated rings. The topological polar surface area (TPSA) is 59.4 Å². The first-order valence-corrected chi connectivity index (χ1v) is 8.88. The molecule has 0 saturated heterocycles. The van der Waals surface area contributed by atoms with Crippen LogP contribution in [0.25, 0.3) is 33.4 Å². The summed E-state index contributed by atoms with van der Waals surface area (Å²) in [6.07, 6.45) is 6.84. The highest BCUT2D eigenvalue weighted by molar-refractivity contribution is 5.97. The van der Waals surface area contributed by atoms with Crippen molar-refractivity contribution >= 4 is 11.0 Å². The molecule has 6 heteroatoms. The zero-order valence-corrected chi connectivity index (χ0v) is 14.4. The van der Waals surface area contributed by atoms with Gasteiger partial charge in [0.15, 0.2) is 5.65 Å². The van der Waals surface area contributed by atoms with Crippen molar-refractivity contribution in [3.8, 4) is 22.4 Å². The number of benzene rings is 1. The fourth-order valence-electron chi connectivity index (χ4n) is 3.92. The van der Waals surface area contributed by atoms with Crippen LogP contribution in [0.3, 0.4) is 0 Å². The molecule has 0 saturated carbocycles. The second-order valence-electron chi connectivity index (χ2n) is 6.85. The van der Waals surface area contributed by atoms with Crippen LogP contribution in [0, 0.1) is 5.82 Å². The summed E-state index contributed by atoms with van der Waals surface area (Å²) in [7, 11) is 0. The summed E-state index contributed by atoms with van der Waals surface area (Å²) in [6, 6.07) is 8.94. The number of hydrogen-bond donors (Lipinski definition) is 1. The van der Waals surface area contributed by atoms with Crippen LogP contribution in [-0.2, 0) is 6.42 Å². The van der Waals surface area contributed by atoms with E-state index in [2.05, 4.69) is 26.8 Å². The predicted molar refractivity (Wildman–Crippen MR) is 98.2 cm³/mol. The monoisotopic (exact) mass is 347 g/mol. The van der Waals surface area contributed by atoms with Crippen LogP contribution in [0.5, 0.6) is 0 Å². The molecular formula is C20H18FN5. The van der Waals surface area contributed by atoms with Gasteiger partial charge in [0.2, 0.25) is 0 Å². The maximum Gasteiger partial charge on any atom is 0.155 e. The fraction of sp³-hybridized carbons (Fsp3) is 0.250. The first-order chi connectivity index (χ1) is 12.7. The van der Waals surface area contributed by atoms with Gasteiger partial charge in [-0.05, 0) is 62.1 Å². The third-order valence-electron chi connectivity index (χ3n) is 5.20. The summed E-state index contributed by atoms with van der Waals surface area (Å²) in [4.78, 5) is 4.36. The minimum atomic E-state index is -0.242. The van der Waals surface area contributed by atoms with E-state index in [0.29, 0.717) is 6.04 Å². The van der Waals surface area contributed by atoms with E-state index in [4.69, 9.17) is 5.10 Å². The van der Waals surface area contributed by atoms with Gasteiger partial charge in [0.1, 0.15) is 11.5 Å². The third-order valence-corrected chi connectivity index (χ3v) is 5.20. The lowest BCUT2D eigenvalue weighted by Crippen LogP contribution is -2.16. The highest BCUT2D eigenvalue weighted by Crippen LogP contribution is 2.41. The van der Waals surface area contributed by atoms with Crippen molar-refractivity contribution in [3.63, 3.8) is 0 Å². The van der Waals surface area contributed by atoms with Crippen LogP contribution in [-0.4, -0.2) is 25.0 Å². The van der Waals surface area contributed by atoms with Crippen molar-refractivity contribution in [2.45, 2.75) is 32.2 Å². The van der Waals surface area contributed by atoms with Gasteiger partial charge in [-0.25, -0.2) is 9.37 Å². The van der Waals surface area contributed by atoms with Gasteiger partial charge >= 0.3 is 0 Å². The Bertz CT molecular complexity index is 1090. The first-order valence-electron chi connectivity index (χ1n) is 8.88. The van der Waals surface area contributed by atoms with E-state index in [1.165, 1.54) is 17.8 Å². The molecule has 0 amide bonds. The van der Waals surface area contributed by atoms with Gasteiger partial charge in [-0.15, -0.1) is 0 Å². The minimum absolute atomic E-state index is 0.242. The van der Waals surface area contributed by atoms with Crippen LogP contribution < -0.4 is 0 Å². The van der Waals surface area contributed by atoms with Gasteiger partial charge in [0.05, 0.1) is 6.20 Å².